The topological polar surface area (TPSA) is 15.3 Å². The Kier molecular flexibility index (Phi) is 3.62. The summed E-state index contributed by atoms with van der Waals surface area (Å²) < 4.78 is 0. The van der Waals surface area contributed by atoms with Gasteiger partial charge in [0.05, 0.1) is 0 Å². The number of rotatable bonds is 3. The number of nitrogens with one attached hydrogen (secondary N) is 1. The summed E-state index contributed by atoms with van der Waals surface area (Å²) in [5.74, 6) is 0. The fourth-order valence-corrected chi connectivity index (χ4v) is 2.09. The van der Waals surface area contributed by atoms with Crippen LogP contribution in [0.5, 0.6) is 0 Å². The van der Waals surface area contributed by atoms with Crippen molar-refractivity contribution >= 4 is 5.69 Å². The lowest BCUT2D eigenvalue weighted by Crippen LogP contribution is -2.43. The molecule has 1 fully saturated rings. The smallest absolute Gasteiger partial charge is 0.0367 e. The first kappa shape index (κ1) is 10.5. The highest BCUT2D eigenvalue weighted by Gasteiger charge is 2.09. The molecule has 0 spiro atoms. The van der Waals surface area contributed by atoms with Gasteiger partial charge in [0.15, 0.2) is 0 Å². The summed E-state index contributed by atoms with van der Waals surface area (Å²) in [6.07, 6.45) is 2.43. The minimum Gasteiger partial charge on any atom is -0.369 e. The second-order valence-corrected chi connectivity index (χ2v) is 4.15. The number of aryl methyl sites for hydroxylation is 1. The number of anilines is 1. The molecule has 2 heteroatoms. The zero-order chi connectivity index (χ0) is 10.5. The predicted molar refractivity (Wildman–Crippen MR) is 65.5 cm³/mol. The summed E-state index contributed by atoms with van der Waals surface area (Å²) in [5.41, 5.74) is 2.83. The van der Waals surface area contributed by atoms with Crippen molar-refractivity contribution in [2.24, 2.45) is 0 Å². The van der Waals surface area contributed by atoms with E-state index in [1.54, 1.807) is 0 Å². The molecule has 1 saturated heterocycles. The summed E-state index contributed by atoms with van der Waals surface area (Å²) in [5, 5.41) is 3.37. The molecule has 1 aliphatic rings. The molecule has 0 saturated carbocycles. The van der Waals surface area contributed by atoms with E-state index in [1.807, 2.05) is 0 Å². The summed E-state index contributed by atoms with van der Waals surface area (Å²) in [4.78, 5) is 2.45. The molecule has 0 aliphatic carbocycles. The molecule has 15 heavy (non-hydrogen) atoms. The molecule has 2 nitrogen and oxygen atoms in total. The Morgan fingerprint density at radius 1 is 1.13 bits per heavy atom. The second-order valence-electron chi connectivity index (χ2n) is 4.15. The van der Waals surface area contributed by atoms with E-state index in [2.05, 4.69) is 41.4 Å². The van der Waals surface area contributed by atoms with Crippen LogP contribution in [0.25, 0.3) is 0 Å². The van der Waals surface area contributed by atoms with Crippen molar-refractivity contribution in [3.8, 4) is 0 Å². The van der Waals surface area contributed by atoms with Gasteiger partial charge >= 0.3 is 0 Å². The molecule has 1 aliphatic heterocycles. The average Bonchev–Trinajstić information content (AvgIpc) is 2.32. The van der Waals surface area contributed by atoms with Crippen LogP contribution in [0.4, 0.5) is 5.69 Å². The Morgan fingerprint density at radius 2 is 1.80 bits per heavy atom. The Balaban J connectivity index is 2.02. The third-order valence-corrected chi connectivity index (χ3v) is 2.96. The Bertz CT molecular complexity index is 286. The summed E-state index contributed by atoms with van der Waals surface area (Å²) >= 11 is 0. The molecule has 1 aromatic rings. The summed E-state index contributed by atoms with van der Waals surface area (Å²) in [7, 11) is 0. The fourth-order valence-electron chi connectivity index (χ4n) is 2.09. The number of hydrogen-bond acceptors (Lipinski definition) is 2. The van der Waals surface area contributed by atoms with Gasteiger partial charge in [-0.25, -0.2) is 0 Å². The maximum atomic E-state index is 3.37. The van der Waals surface area contributed by atoms with Crippen molar-refractivity contribution < 1.29 is 0 Å². The van der Waals surface area contributed by atoms with Gasteiger partial charge in [-0.3, -0.25) is 0 Å². The molecule has 0 aromatic heterocycles. The standard InChI is InChI=1S/C13H20N2/c1-2-3-12-4-6-13(7-5-12)15-10-8-14-9-11-15/h4-7,14H,2-3,8-11H2,1H3. The van der Waals surface area contributed by atoms with Gasteiger partial charge in [0.2, 0.25) is 0 Å². The lowest BCUT2D eigenvalue weighted by molar-refractivity contribution is 0.589. The van der Waals surface area contributed by atoms with Crippen LogP contribution in [-0.2, 0) is 6.42 Å². The summed E-state index contributed by atoms with van der Waals surface area (Å²) in [6, 6.07) is 9.05. The van der Waals surface area contributed by atoms with E-state index in [1.165, 1.54) is 24.1 Å². The van der Waals surface area contributed by atoms with E-state index in [-0.39, 0.29) is 0 Å². The molecule has 0 atom stereocenters. The van der Waals surface area contributed by atoms with Crippen molar-refractivity contribution in [2.45, 2.75) is 19.8 Å². The monoisotopic (exact) mass is 204 g/mol. The van der Waals surface area contributed by atoms with E-state index in [9.17, 15) is 0 Å². The van der Waals surface area contributed by atoms with E-state index in [4.69, 9.17) is 0 Å². The Hall–Kier alpha value is -1.02. The molecular weight excluding hydrogens is 184 g/mol. The first-order chi connectivity index (χ1) is 7.40. The SMILES string of the molecule is CCCc1ccc(N2CCNCC2)cc1. The zero-order valence-electron chi connectivity index (χ0n) is 9.50. The first-order valence-corrected chi connectivity index (χ1v) is 5.95. The number of nitrogens with zero attached hydrogens (tertiary/aromatic N) is 1. The molecule has 0 unspecified atom stereocenters. The predicted octanol–water partition coefficient (Wildman–Crippen LogP) is 2.05. The molecular formula is C13H20N2. The van der Waals surface area contributed by atoms with Crippen molar-refractivity contribution in [1.29, 1.82) is 0 Å². The molecule has 82 valence electrons. The molecule has 0 amide bonds. The van der Waals surface area contributed by atoms with Gasteiger partial charge in [-0.05, 0) is 24.1 Å². The van der Waals surface area contributed by atoms with E-state index in [0.717, 1.165) is 26.2 Å². The fraction of sp³-hybridized carbons (Fsp3) is 0.538. The van der Waals surface area contributed by atoms with Gasteiger partial charge in [-0.2, -0.15) is 0 Å². The minimum absolute atomic E-state index is 1.11. The van der Waals surface area contributed by atoms with E-state index >= 15 is 0 Å². The lowest BCUT2D eigenvalue weighted by atomic mass is 10.1. The lowest BCUT2D eigenvalue weighted by Gasteiger charge is -2.29. The normalized spacial score (nSPS) is 16.7. The largest absolute Gasteiger partial charge is 0.369 e. The van der Waals surface area contributed by atoms with Crippen LogP contribution in [0.2, 0.25) is 0 Å². The zero-order valence-corrected chi connectivity index (χ0v) is 9.50. The molecule has 1 heterocycles. The molecule has 0 bridgehead atoms. The van der Waals surface area contributed by atoms with Crippen LogP contribution in [0.1, 0.15) is 18.9 Å². The molecule has 0 radical (unpaired) electrons. The average molecular weight is 204 g/mol. The number of benzene rings is 1. The highest BCUT2D eigenvalue weighted by molar-refractivity contribution is 5.48. The van der Waals surface area contributed by atoms with Gasteiger partial charge < -0.3 is 10.2 Å². The van der Waals surface area contributed by atoms with Gasteiger partial charge in [0.1, 0.15) is 0 Å². The quantitative estimate of drug-likeness (QED) is 0.810. The van der Waals surface area contributed by atoms with Crippen LogP contribution < -0.4 is 10.2 Å². The Labute approximate surface area is 92.3 Å². The van der Waals surface area contributed by atoms with Crippen LogP contribution in [0, 0.1) is 0 Å². The van der Waals surface area contributed by atoms with Crippen molar-refractivity contribution in [1.82, 2.24) is 5.32 Å². The van der Waals surface area contributed by atoms with E-state index < -0.39 is 0 Å². The van der Waals surface area contributed by atoms with Crippen LogP contribution in [0.3, 0.4) is 0 Å². The second kappa shape index (κ2) is 5.17. The van der Waals surface area contributed by atoms with Gasteiger partial charge in [0, 0.05) is 31.9 Å². The van der Waals surface area contributed by atoms with Crippen molar-refractivity contribution in [3.63, 3.8) is 0 Å². The first-order valence-electron chi connectivity index (χ1n) is 5.95. The number of hydrogen-bond donors (Lipinski definition) is 1. The third-order valence-electron chi connectivity index (χ3n) is 2.96. The molecule has 2 rings (SSSR count). The maximum Gasteiger partial charge on any atom is 0.0367 e. The highest BCUT2D eigenvalue weighted by Crippen LogP contribution is 2.16. The summed E-state index contributed by atoms with van der Waals surface area (Å²) in [6.45, 7) is 6.71. The van der Waals surface area contributed by atoms with E-state index in [0.29, 0.717) is 0 Å². The maximum absolute atomic E-state index is 3.37. The number of piperazine rings is 1. The van der Waals surface area contributed by atoms with Gasteiger partial charge in [-0.1, -0.05) is 25.5 Å². The highest BCUT2D eigenvalue weighted by atomic mass is 15.2. The van der Waals surface area contributed by atoms with Crippen molar-refractivity contribution in [3.05, 3.63) is 29.8 Å². The third kappa shape index (κ3) is 2.72. The molecule has 1 N–H and O–H groups in total. The van der Waals surface area contributed by atoms with Crippen molar-refractivity contribution in [2.75, 3.05) is 31.1 Å². The van der Waals surface area contributed by atoms with Crippen LogP contribution >= 0.6 is 0 Å². The van der Waals surface area contributed by atoms with Gasteiger partial charge in [-0.15, -0.1) is 0 Å². The Morgan fingerprint density at radius 3 is 2.40 bits per heavy atom. The molecule has 1 aromatic carbocycles. The minimum atomic E-state index is 1.11. The van der Waals surface area contributed by atoms with Crippen LogP contribution in [-0.4, -0.2) is 26.2 Å². The van der Waals surface area contributed by atoms with Gasteiger partial charge in [0.25, 0.3) is 0 Å². The van der Waals surface area contributed by atoms with Crippen LogP contribution in [0.15, 0.2) is 24.3 Å².